The molecule has 0 aliphatic carbocycles. The van der Waals surface area contributed by atoms with E-state index in [1.807, 2.05) is 29.6 Å². The Kier molecular flexibility index (Phi) is 3.55. The summed E-state index contributed by atoms with van der Waals surface area (Å²) in [4.78, 5) is 12.2. The molecule has 1 heterocycles. The van der Waals surface area contributed by atoms with Gasteiger partial charge in [-0.25, -0.2) is 4.39 Å². The van der Waals surface area contributed by atoms with E-state index in [4.69, 9.17) is 11.6 Å². The van der Waals surface area contributed by atoms with Crippen LogP contribution in [0.4, 0.5) is 4.39 Å². The zero-order valence-corrected chi connectivity index (χ0v) is 12.0. The molecule has 0 spiro atoms. The average Bonchev–Trinajstić information content (AvgIpc) is 2.82. The van der Waals surface area contributed by atoms with E-state index in [0.717, 1.165) is 15.6 Å². The maximum Gasteiger partial charge on any atom is 0.170 e. The first kappa shape index (κ1) is 13.3. The fourth-order valence-corrected chi connectivity index (χ4v) is 3.28. The van der Waals surface area contributed by atoms with Crippen molar-refractivity contribution >= 4 is 38.8 Å². The lowest BCUT2D eigenvalue weighted by Crippen LogP contribution is -2.05. The van der Waals surface area contributed by atoms with E-state index in [-0.39, 0.29) is 17.8 Å². The Morgan fingerprint density at radius 3 is 2.80 bits per heavy atom. The molecular weight excluding hydrogens is 295 g/mol. The molecule has 3 aromatic rings. The van der Waals surface area contributed by atoms with E-state index in [0.29, 0.717) is 5.02 Å². The van der Waals surface area contributed by atoms with Crippen molar-refractivity contribution in [2.75, 3.05) is 0 Å². The van der Waals surface area contributed by atoms with Gasteiger partial charge in [0.25, 0.3) is 0 Å². The van der Waals surface area contributed by atoms with Gasteiger partial charge < -0.3 is 0 Å². The lowest BCUT2D eigenvalue weighted by atomic mass is 10.0. The van der Waals surface area contributed by atoms with Crippen molar-refractivity contribution in [2.45, 2.75) is 6.42 Å². The molecule has 20 heavy (non-hydrogen) atoms. The van der Waals surface area contributed by atoms with Crippen LogP contribution < -0.4 is 0 Å². The zero-order valence-electron chi connectivity index (χ0n) is 10.4. The van der Waals surface area contributed by atoms with Gasteiger partial charge in [0.15, 0.2) is 5.78 Å². The topological polar surface area (TPSA) is 17.1 Å². The van der Waals surface area contributed by atoms with E-state index in [2.05, 4.69) is 0 Å². The third-order valence-electron chi connectivity index (χ3n) is 3.14. The van der Waals surface area contributed by atoms with Crippen LogP contribution in [0.25, 0.3) is 10.1 Å². The van der Waals surface area contributed by atoms with Crippen molar-refractivity contribution < 1.29 is 9.18 Å². The Morgan fingerprint density at radius 1 is 1.20 bits per heavy atom. The molecule has 0 unspecified atom stereocenters. The molecule has 0 radical (unpaired) electrons. The fraction of sp³-hybridized carbons (Fsp3) is 0.0625. The van der Waals surface area contributed by atoms with Gasteiger partial charge in [-0.05, 0) is 40.6 Å². The van der Waals surface area contributed by atoms with Crippen LogP contribution in [0.5, 0.6) is 0 Å². The van der Waals surface area contributed by atoms with Gasteiger partial charge in [-0.2, -0.15) is 0 Å². The van der Waals surface area contributed by atoms with Gasteiger partial charge in [0.05, 0.1) is 5.56 Å². The molecule has 100 valence electrons. The van der Waals surface area contributed by atoms with Crippen molar-refractivity contribution in [1.82, 2.24) is 0 Å². The van der Waals surface area contributed by atoms with Crippen molar-refractivity contribution in [2.24, 2.45) is 0 Å². The molecular formula is C16H10ClFOS. The van der Waals surface area contributed by atoms with E-state index in [1.54, 1.807) is 11.3 Å². The molecule has 0 aliphatic rings. The van der Waals surface area contributed by atoms with E-state index in [1.165, 1.54) is 18.2 Å². The second-order valence-corrected chi connectivity index (χ2v) is 5.83. The Bertz CT molecular complexity index is 794. The lowest BCUT2D eigenvalue weighted by Gasteiger charge is -2.03. The Balaban J connectivity index is 1.92. The zero-order chi connectivity index (χ0) is 14.1. The summed E-state index contributed by atoms with van der Waals surface area (Å²) in [5.41, 5.74) is 1.02. The first-order chi connectivity index (χ1) is 9.65. The van der Waals surface area contributed by atoms with Gasteiger partial charge in [-0.15, -0.1) is 11.3 Å². The van der Waals surface area contributed by atoms with Crippen molar-refractivity contribution in [3.63, 3.8) is 0 Å². The maximum absolute atomic E-state index is 13.7. The number of thiophene rings is 1. The highest BCUT2D eigenvalue weighted by Crippen LogP contribution is 2.27. The van der Waals surface area contributed by atoms with E-state index in [9.17, 15) is 9.18 Å². The predicted molar refractivity (Wildman–Crippen MR) is 81.3 cm³/mol. The highest BCUT2D eigenvalue weighted by molar-refractivity contribution is 7.17. The summed E-state index contributed by atoms with van der Waals surface area (Å²) in [6, 6.07) is 12.0. The standard InChI is InChI=1S/C16H10ClFOS/c17-11-5-6-13(14(18)8-11)15(19)7-10-9-20-16-4-2-1-3-12(10)16/h1-6,8-9H,7H2. The summed E-state index contributed by atoms with van der Waals surface area (Å²) in [6.07, 6.45) is 0.197. The summed E-state index contributed by atoms with van der Waals surface area (Å²) in [7, 11) is 0. The maximum atomic E-state index is 13.7. The number of carbonyl (C=O) groups excluding carboxylic acids is 1. The number of Topliss-reactive ketones (excluding diaryl/α,β-unsaturated/α-hetero) is 1. The molecule has 0 saturated carbocycles. The monoisotopic (exact) mass is 304 g/mol. The molecule has 2 aromatic carbocycles. The van der Waals surface area contributed by atoms with Crippen LogP contribution in [0.15, 0.2) is 47.8 Å². The average molecular weight is 305 g/mol. The summed E-state index contributed by atoms with van der Waals surface area (Å²) in [5, 5.41) is 3.30. The summed E-state index contributed by atoms with van der Waals surface area (Å²) in [6.45, 7) is 0. The number of ketones is 1. The molecule has 1 aromatic heterocycles. The minimum atomic E-state index is -0.568. The van der Waals surface area contributed by atoms with Gasteiger partial charge in [0, 0.05) is 16.1 Å². The Labute approximate surface area is 124 Å². The number of hydrogen-bond acceptors (Lipinski definition) is 2. The molecule has 0 aliphatic heterocycles. The van der Waals surface area contributed by atoms with Gasteiger partial charge in [0.1, 0.15) is 5.82 Å². The number of hydrogen-bond donors (Lipinski definition) is 0. The van der Waals surface area contributed by atoms with Crippen molar-refractivity contribution in [3.8, 4) is 0 Å². The molecule has 4 heteroatoms. The molecule has 0 atom stereocenters. The number of benzene rings is 2. The number of fused-ring (bicyclic) bond motifs is 1. The summed E-state index contributed by atoms with van der Waals surface area (Å²) < 4.78 is 14.9. The molecule has 0 N–H and O–H groups in total. The Morgan fingerprint density at radius 2 is 2.00 bits per heavy atom. The van der Waals surface area contributed by atoms with Crippen LogP contribution in [0, 0.1) is 5.82 Å². The van der Waals surface area contributed by atoms with E-state index >= 15 is 0 Å². The van der Waals surface area contributed by atoms with Gasteiger partial charge in [-0.3, -0.25) is 4.79 Å². The number of carbonyl (C=O) groups is 1. The molecule has 1 nitrogen and oxygen atoms in total. The van der Waals surface area contributed by atoms with Gasteiger partial charge in [-0.1, -0.05) is 29.8 Å². The van der Waals surface area contributed by atoms with Crippen molar-refractivity contribution in [3.05, 3.63) is 69.8 Å². The predicted octanol–water partition coefficient (Wildman–Crippen LogP) is 5.12. The first-order valence-corrected chi connectivity index (χ1v) is 7.34. The van der Waals surface area contributed by atoms with Gasteiger partial charge in [0.2, 0.25) is 0 Å². The molecule has 0 amide bonds. The molecule has 0 fully saturated rings. The Hall–Kier alpha value is -1.71. The number of rotatable bonds is 3. The highest BCUT2D eigenvalue weighted by Gasteiger charge is 2.14. The van der Waals surface area contributed by atoms with Crippen LogP contribution >= 0.6 is 22.9 Å². The van der Waals surface area contributed by atoms with Crippen LogP contribution in [-0.4, -0.2) is 5.78 Å². The van der Waals surface area contributed by atoms with Crippen LogP contribution in [-0.2, 0) is 6.42 Å². The normalized spacial score (nSPS) is 10.9. The summed E-state index contributed by atoms with van der Waals surface area (Å²) in [5.74, 6) is -0.801. The third-order valence-corrected chi connectivity index (χ3v) is 4.39. The number of halogens is 2. The second kappa shape index (κ2) is 5.35. The minimum Gasteiger partial charge on any atom is -0.294 e. The lowest BCUT2D eigenvalue weighted by molar-refractivity contribution is 0.0989. The van der Waals surface area contributed by atoms with Crippen molar-refractivity contribution in [1.29, 1.82) is 0 Å². The SMILES string of the molecule is O=C(Cc1csc2ccccc12)c1ccc(Cl)cc1F. The van der Waals surface area contributed by atoms with Gasteiger partial charge >= 0.3 is 0 Å². The third kappa shape index (κ3) is 2.47. The van der Waals surface area contributed by atoms with Crippen LogP contribution in [0.3, 0.4) is 0 Å². The highest BCUT2D eigenvalue weighted by atomic mass is 35.5. The van der Waals surface area contributed by atoms with Crippen LogP contribution in [0.2, 0.25) is 5.02 Å². The first-order valence-electron chi connectivity index (χ1n) is 6.08. The largest absolute Gasteiger partial charge is 0.294 e. The fourth-order valence-electron chi connectivity index (χ4n) is 2.15. The summed E-state index contributed by atoms with van der Waals surface area (Å²) >= 11 is 7.28. The second-order valence-electron chi connectivity index (χ2n) is 4.48. The molecule has 0 saturated heterocycles. The molecule has 3 rings (SSSR count). The minimum absolute atomic E-state index is 0.0877. The smallest absolute Gasteiger partial charge is 0.170 e. The van der Waals surface area contributed by atoms with E-state index < -0.39 is 5.82 Å². The quantitative estimate of drug-likeness (QED) is 0.614. The molecule has 0 bridgehead atoms. The van der Waals surface area contributed by atoms with Crippen LogP contribution in [0.1, 0.15) is 15.9 Å².